The van der Waals surface area contributed by atoms with Gasteiger partial charge in [0, 0.05) is 30.9 Å². The number of carbonyl (C=O) groups is 1. The van der Waals surface area contributed by atoms with Gasteiger partial charge in [0.2, 0.25) is 0 Å². The number of aromatic nitrogens is 1. The van der Waals surface area contributed by atoms with Crippen LogP contribution in [0, 0.1) is 0 Å². The van der Waals surface area contributed by atoms with E-state index in [0.717, 1.165) is 45.0 Å². The van der Waals surface area contributed by atoms with Crippen molar-refractivity contribution in [1.82, 2.24) is 9.88 Å². The third-order valence-corrected chi connectivity index (χ3v) is 4.63. The lowest BCUT2D eigenvalue weighted by Gasteiger charge is -2.25. The summed E-state index contributed by atoms with van der Waals surface area (Å²) < 4.78 is 5.31. The summed E-state index contributed by atoms with van der Waals surface area (Å²) in [5, 5.41) is 0.656. The Bertz CT molecular complexity index is 476. The minimum atomic E-state index is 0.159. The number of morpholine rings is 1. The first-order valence-corrected chi connectivity index (χ1v) is 8.02. The van der Waals surface area contributed by atoms with Crippen LogP contribution in [0.1, 0.15) is 40.6 Å². The lowest BCUT2D eigenvalue weighted by molar-refractivity contribution is 0.0370. The van der Waals surface area contributed by atoms with Gasteiger partial charge in [0.15, 0.2) is 10.8 Å². The molecule has 0 radical (unpaired) electrons. The Morgan fingerprint density at radius 1 is 1.45 bits per heavy atom. The van der Waals surface area contributed by atoms with Gasteiger partial charge >= 0.3 is 0 Å². The maximum absolute atomic E-state index is 12.2. The molecule has 0 spiro atoms. The topological polar surface area (TPSA) is 42.4 Å². The molecule has 110 valence electrons. The van der Waals surface area contributed by atoms with Crippen LogP contribution in [0.15, 0.2) is 6.08 Å². The largest absolute Gasteiger partial charge is 0.379 e. The Morgan fingerprint density at radius 3 is 2.85 bits per heavy atom. The molecule has 0 N–H and O–H groups in total. The zero-order valence-electron chi connectivity index (χ0n) is 12.2. The number of rotatable bonds is 6. The number of hydrogen-bond donors (Lipinski definition) is 0. The number of aryl methyl sites for hydroxylation is 1. The monoisotopic (exact) mass is 294 g/mol. The molecule has 2 rings (SSSR count). The number of ketones is 1. The van der Waals surface area contributed by atoms with Crippen LogP contribution in [-0.4, -0.2) is 48.5 Å². The van der Waals surface area contributed by atoms with Crippen molar-refractivity contribution < 1.29 is 9.53 Å². The molecule has 4 nitrogen and oxygen atoms in total. The molecule has 1 aliphatic rings. The maximum atomic E-state index is 12.2. The number of ether oxygens (including phenoxy) is 1. The van der Waals surface area contributed by atoms with E-state index in [9.17, 15) is 4.79 Å². The van der Waals surface area contributed by atoms with Gasteiger partial charge in [-0.15, -0.1) is 11.3 Å². The van der Waals surface area contributed by atoms with Crippen molar-refractivity contribution in [1.29, 1.82) is 0 Å². The second-order valence-electron chi connectivity index (χ2n) is 4.81. The molecule has 0 amide bonds. The highest BCUT2D eigenvalue weighted by Crippen LogP contribution is 2.22. The van der Waals surface area contributed by atoms with E-state index < -0.39 is 0 Å². The van der Waals surface area contributed by atoms with E-state index in [1.807, 2.05) is 19.1 Å². The first-order valence-electron chi connectivity index (χ1n) is 7.20. The third-order valence-electron chi connectivity index (χ3n) is 3.37. The first-order chi connectivity index (χ1) is 9.74. The summed E-state index contributed by atoms with van der Waals surface area (Å²) in [5.41, 5.74) is 0.953. The van der Waals surface area contributed by atoms with Gasteiger partial charge in [0.05, 0.1) is 18.9 Å². The molecule has 0 aromatic carbocycles. The summed E-state index contributed by atoms with van der Waals surface area (Å²) in [7, 11) is 0. The molecule has 0 unspecified atom stereocenters. The van der Waals surface area contributed by atoms with Crippen LogP contribution in [0.25, 0.3) is 6.08 Å². The Morgan fingerprint density at radius 2 is 2.20 bits per heavy atom. The molecule has 1 aromatic rings. The van der Waals surface area contributed by atoms with E-state index in [1.54, 1.807) is 0 Å². The highest BCUT2D eigenvalue weighted by molar-refractivity contribution is 7.13. The molecule has 1 aliphatic heterocycles. The summed E-state index contributed by atoms with van der Waals surface area (Å²) >= 11 is 1.54. The molecule has 0 bridgehead atoms. The van der Waals surface area contributed by atoms with Crippen LogP contribution in [0.4, 0.5) is 0 Å². The van der Waals surface area contributed by atoms with Gasteiger partial charge in [-0.1, -0.05) is 13.0 Å². The molecular weight excluding hydrogens is 272 g/mol. The van der Waals surface area contributed by atoms with E-state index >= 15 is 0 Å². The zero-order chi connectivity index (χ0) is 14.4. The Balaban J connectivity index is 1.94. The van der Waals surface area contributed by atoms with Gasteiger partial charge in [-0.2, -0.15) is 0 Å². The van der Waals surface area contributed by atoms with Crippen LogP contribution in [-0.2, 0) is 11.2 Å². The molecule has 1 aromatic heterocycles. The number of nitrogens with zero attached hydrogens (tertiary/aromatic N) is 2. The van der Waals surface area contributed by atoms with Crippen LogP contribution >= 0.6 is 11.3 Å². The average Bonchev–Trinajstić information content (AvgIpc) is 2.89. The average molecular weight is 294 g/mol. The van der Waals surface area contributed by atoms with Crippen molar-refractivity contribution >= 4 is 23.2 Å². The summed E-state index contributed by atoms with van der Waals surface area (Å²) in [6.07, 6.45) is 5.42. The molecule has 5 heteroatoms. The van der Waals surface area contributed by atoms with Crippen LogP contribution in [0.5, 0.6) is 0 Å². The smallest absolute Gasteiger partial charge is 0.192 e. The van der Waals surface area contributed by atoms with Crippen molar-refractivity contribution in [3.05, 3.63) is 21.7 Å². The fraction of sp³-hybridized carbons (Fsp3) is 0.600. The van der Waals surface area contributed by atoms with Gasteiger partial charge in [-0.25, -0.2) is 4.98 Å². The lowest BCUT2D eigenvalue weighted by Crippen LogP contribution is -2.37. The predicted octanol–water partition coefficient (Wildman–Crippen LogP) is 2.64. The first kappa shape index (κ1) is 15.4. The SMILES string of the molecule is C/C=C\c1nc(C(=O)CCN2CCOCC2)sc1CC. The highest BCUT2D eigenvalue weighted by Gasteiger charge is 2.17. The highest BCUT2D eigenvalue weighted by atomic mass is 32.1. The Kier molecular flexibility index (Phi) is 5.88. The lowest BCUT2D eigenvalue weighted by atomic mass is 10.2. The Labute approximate surface area is 124 Å². The van der Waals surface area contributed by atoms with Gasteiger partial charge in [0.1, 0.15) is 0 Å². The quantitative estimate of drug-likeness (QED) is 0.757. The van der Waals surface area contributed by atoms with Crippen molar-refractivity contribution in [2.45, 2.75) is 26.7 Å². The molecular formula is C15H22N2O2S. The number of hydrogen-bond acceptors (Lipinski definition) is 5. The normalized spacial score (nSPS) is 16.9. The number of Topliss-reactive ketones (excluding diaryl/α,β-unsaturated/α-hetero) is 1. The predicted molar refractivity (Wildman–Crippen MR) is 82.4 cm³/mol. The number of allylic oxidation sites excluding steroid dienone is 1. The molecule has 20 heavy (non-hydrogen) atoms. The summed E-state index contributed by atoms with van der Waals surface area (Å²) in [5.74, 6) is 0.159. The van der Waals surface area contributed by atoms with Crippen molar-refractivity contribution in [3.63, 3.8) is 0 Å². The van der Waals surface area contributed by atoms with Crippen molar-refractivity contribution in [2.75, 3.05) is 32.8 Å². The summed E-state index contributed by atoms with van der Waals surface area (Å²) in [4.78, 5) is 20.2. The summed E-state index contributed by atoms with van der Waals surface area (Å²) in [6.45, 7) is 8.28. The van der Waals surface area contributed by atoms with E-state index in [0.29, 0.717) is 11.4 Å². The molecule has 0 atom stereocenters. The maximum Gasteiger partial charge on any atom is 0.192 e. The minimum Gasteiger partial charge on any atom is -0.379 e. The van der Waals surface area contributed by atoms with Crippen molar-refractivity contribution in [3.8, 4) is 0 Å². The fourth-order valence-electron chi connectivity index (χ4n) is 2.22. The van der Waals surface area contributed by atoms with Crippen LogP contribution in [0.2, 0.25) is 0 Å². The van der Waals surface area contributed by atoms with E-state index in [4.69, 9.17) is 4.74 Å². The third kappa shape index (κ3) is 3.98. The molecule has 0 saturated carbocycles. The van der Waals surface area contributed by atoms with Crippen molar-refractivity contribution in [2.24, 2.45) is 0 Å². The second-order valence-corrected chi connectivity index (χ2v) is 5.89. The molecule has 2 heterocycles. The van der Waals surface area contributed by atoms with E-state index in [1.165, 1.54) is 16.2 Å². The van der Waals surface area contributed by atoms with E-state index in [2.05, 4.69) is 16.8 Å². The second kappa shape index (κ2) is 7.67. The fourth-order valence-corrected chi connectivity index (χ4v) is 3.17. The zero-order valence-corrected chi connectivity index (χ0v) is 13.0. The molecule has 1 fully saturated rings. The summed E-state index contributed by atoms with van der Waals surface area (Å²) in [6, 6.07) is 0. The van der Waals surface area contributed by atoms with Crippen LogP contribution in [0.3, 0.4) is 0 Å². The van der Waals surface area contributed by atoms with Gasteiger partial charge in [0.25, 0.3) is 0 Å². The van der Waals surface area contributed by atoms with Gasteiger partial charge in [-0.05, 0) is 19.4 Å². The molecule has 0 aliphatic carbocycles. The van der Waals surface area contributed by atoms with Gasteiger partial charge < -0.3 is 4.74 Å². The number of thiazole rings is 1. The standard InChI is InChI=1S/C15H22N2O2S/c1-3-5-12-14(4-2)20-15(16-12)13(18)6-7-17-8-10-19-11-9-17/h3,5H,4,6-11H2,1-2H3/b5-3-. The van der Waals surface area contributed by atoms with Gasteiger partial charge in [-0.3, -0.25) is 9.69 Å². The Hall–Kier alpha value is -1.04. The van der Waals surface area contributed by atoms with E-state index in [-0.39, 0.29) is 5.78 Å². The van der Waals surface area contributed by atoms with Crippen LogP contribution < -0.4 is 0 Å². The minimum absolute atomic E-state index is 0.159. The molecule has 1 saturated heterocycles. The number of carbonyl (C=O) groups excluding carboxylic acids is 1.